The number of nitrogens with zero attached hydrogens (tertiary/aromatic N) is 1. The van der Waals surface area contributed by atoms with Crippen molar-refractivity contribution >= 4 is 5.91 Å². The first-order valence-corrected chi connectivity index (χ1v) is 7.01. The Kier molecular flexibility index (Phi) is 4.97. The molecule has 0 unspecified atom stereocenters. The van der Waals surface area contributed by atoms with Gasteiger partial charge in [0.25, 0.3) is 0 Å². The lowest BCUT2D eigenvalue weighted by atomic mass is 10.0. The van der Waals surface area contributed by atoms with E-state index in [2.05, 4.69) is 17.1 Å². The number of amides is 1. The van der Waals surface area contributed by atoms with Crippen molar-refractivity contribution < 1.29 is 14.3 Å². The van der Waals surface area contributed by atoms with E-state index < -0.39 is 0 Å². The van der Waals surface area contributed by atoms with Gasteiger partial charge in [0.05, 0.1) is 13.2 Å². The zero-order valence-corrected chi connectivity index (χ0v) is 11.2. The topological polar surface area (TPSA) is 50.8 Å². The Morgan fingerprint density at radius 3 is 2.56 bits per heavy atom. The van der Waals surface area contributed by atoms with Gasteiger partial charge in [-0.15, -0.1) is 0 Å². The normalized spacial score (nSPS) is 23.4. The molecule has 1 spiro atoms. The number of nitrogens with one attached hydrogen (secondary N) is 1. The standard InChI is InChI=1S/C13H24N2O3/c1-2-6-14-12(16)3-7-15-8-4-13(5-9-15)17-10-11-18-13/h2-11H2,1H3,(H,14,16). The molecule has 0 aromatic heterocycles. The average Bonchev–Trinajstić information content (AvgIpc) is 2.84. The fraction of sp³-hybridized carbons (Fsp3) is 0.923. The third kappa shape index (κ3) is 3.67. The smallest absolute Gasteiger partial charge is 0.221 e. The van der Waals surface area contributed by atoms with Gasteiger partial charge in [0.1, 0.15) is 0 Å². The zero-order valence-electron chi connectivity index (χ0n) is 11.2. The fourth-order valence-electron chi connectivity index (χ4n) is 2.52. The lowest BCUT2D eigenvalue weighted by Gasteiger charge is -2.37. The van der Waals surface area contributed by atoms with Crippen molar-refractivity contribution in [1.29, 1.82) is 0 Å². The van der Waals surface area contributed by atoms with E-state index in [0.717, 1.165) is 58.7 Å². The lowest BCUT2D eigenvalue weighted by Crippen LogP contribution is -2.46. The number of carbonyl (C=O) groups excluding carboxylic acids is 1. The fourth-order valence-corrected chi connectivity index (χ4v) is 2.52. The second kappa shape index (κ2) is 6.50. The van der Waals surface area contributed by atoms with Crippen molar-refractivity contribution in [2.45, 2.75) is 38.4 Å². The Morgan fingerprint density at radius 2 is 1.94 bits per heavy atom. The van der Waals surface area contributed by atoms with Crippen molar-refractivity contribution in [3.8, 4) is 0 Å². The first-order valence-electron chi connectivity index (χ1n) is 7.01. The summed E-state index contributed by atoms with van der Waals surface area (Å²) < 4.78 is 11.4. The Morgan fingerprint density at radius 1 is 1.28 bits per heavy atom. The van der Waals surface area contributed by atoms with E-state index in [1.807, 2.05) is 0 Å². The average molecular weight is 256 g/mol. The number of piperidine rings is 1. The molecule has 0 atom stereocenters. The second-order valence-electron chi connectivity index (χ2n) is 5.05. The highest BCUT2D eigenvalue weighted by atomic mass is 16.7. The molecule has 0 aliphatic carbocycles. The first kappa shape index (κ1) is 13.8. The molecule has 18 heavy (non-hydrogen) atoms. The monoisotopic (exact) mass is 256 g/mol. The van der Waals surface area contributed by atoms with Crippen LogP contribution in [0.1, 0.15) is 32.6 Å². The van der Waals surface area contributed by atoms with Crippen LogP contribution in [0, 0.1) is 0 Å². The van der Waals surface area contributed by atoms with Crippen LogP contribution in [0.4, 0.5) is 0 Å². The van der Waals surface area contributed by atoms with Crippen LogP contribution < -0.4 is 5.32 Å². The summed E-state index contributed by atoms with van der Waals surface area (Å²) in [5, 5.41) is 2.91. The Bertz CT molecular complexity index is 267. The SMILES string of the molecule is CCCNC(=O)CCN1CCC2(CC1)OCCO2. The van der Waals surface area contributed by atoms with Gasteiger partial charge in [0, 0.05) is 45.4 Å². The van der Waals surface area contributed by atoms with Crippen LogP contribution in [0.15, 0.2) is 0 Å². The second-order valence-corrected chi connectivity index (χ2v) is 5.05. The number of carbonyl (C=O) groups is 1. The molecule has 0 radical (unpaired) electrons. The molecule has 1 N–H and O–H groups in total. The highest BCUT2D eigenvalue weighted by molar-refractivity contribution is 5.75. The van der Waals surface area contributed by atoms with E-state index >= 15 is 0 Å². The lowest BCUT2D eigenvalue weighted by molar-refractivity contribution is -0.185. The molecule has 2 fully saturated rings. The van der Waals surface area contributed by atoms with Gasteiger partial charge in [-0.3, -0.25) is 4.79 Å². The molecule has 5 nitrogen and oxygen atoms in total. The number of hydrogen-bond donors (Lipinski definition) is 1. The predicted molar refractivity (Wildman–Crippen MR) is 68.2 cm³/mol. The maximum Gasteiger partial charge on any atom is 0.221 e. The van der Waals surface area contributed by atoms with Gasteiger partial charge in [-0.2, -0.15) is 0 Å². The van der Waals surface area contributed by atoms with Gasteiger partial charge < -0.3 is 19.7 Å². The van der Waals surface area contributed by atoms with Crippen LogP contribution in [0.5, 0.6) is 0 Å². The largest absolute Gasteiger partial charge is 0.356 e. The van der Waals surface area contributed by atoms with Crippen molar-refractivity contribution in [3.05, 3.63) is 0 Å². The van der Waals surface area contributed by atoms with E-state index in [9.17, 15) is 4.79 Å². The molecule has 2 rings (SSSR count). The van der Waals surface area contributed by atoms with Crippen LogP contribution in [-0.4, -0.2) is 56.0 Å². The third-order valence-corrected chi connectivity index (χ3v) is 3.66. The Hall–Kier alpha value is -0.650. The van der Waals surface area contributed by atoms with Gasteiger partial charge >= 0.3 is 0 Å². The summed E-state index contributed by atoms with van der Waals surface area (Å²) in [6, 6.07) is 0. The van der Waals surface area contributed by atoms with Crippen molar-refractivity contribution in [2.24, 2.45) is 0 Å². The highest BCUT2D eigenvalue weighted by Crippen LogP contribution is 2.31. The molecule has 5 heteroatoms. The van der Waals surface area contributed by atoms with Crippen molar-refractivity contribution in [3.63, 3.8) is 0 Å². The van der Waals surface area contributed by atoms with E-state index in [-0.39, 0.29) is 11.7 Å². The van der Waals surface area contributed by atoms with Crippen molar-refractivity contribution in [2.75, 3.05) is 39.4 Å². The molecule has 2 aliphatic heterocycles. The molecular formula is C13H24N2O3. The van der Waals surface area contributed by atoms with Crippen LogP contribution in [0.2, 0.25) is 0 Å². The van der Waals surface area contributed by atoms with Gasteiger partial charge in [-0.05, 0) is 6.42 Å². The number of ether oxygens (including phenoxy) is 2. The number of likely N-dealkylation sites (tertiary alicyclic amines) is 1. The maximum atomic E-state index is 11.5. The van der Waals surface area contributed by atoms with Gasteiger partial charge in [0.2, 0.25) is 5.91 Å². The van der Waals surface area contributed by atoms with E-state index in [0.29, 0.717) is 6.42 Å². The first-order chi connectivity index (χ1) is 8.74. The van der Waals surface area contributed by atoms with E-state index in [1.54, 1.807) is 0 Å². The molecule has 2 saturated heterocycles. The molecule has 2 aliphatic rings. The quantitative estimate of drug-likeness (QED) is 0.788. The molecule has 0 saturated carbocycles. The van der Waals surface area contributed by atoms with Crippen molar-refractivity contribution in [1.82, 2.24) is 10.2 Å². The Balaban J connectivity index is 1.63. The summed E-state index contributed by atoms with van der Waals surface area (Å²) in [7, 11) is 0. The number of hydrogen-bond acceptors (Lipinski definition) is 4. The van der Waals surface area contributed by atoms with E-state index in [4.69, 9.17) is 9.47 Å². The zero-order chi connectivity index (χ0) is 12.8. The summed E-state index contributed by atoms with van der Waals surface area (Å²) in [5.41, 5.74) is 0. The van der Waals surface area contributed by atoms with Gasteiger partial charge in [-0.1, -0.05) is 6.92 Å². The van der Waals surface area contributed by atoms with Crippen LogP contribution in [0.25, 0.3) is 0 Å². The molecule has 1 amide bonds. The molecule has 0 aromatic rings. The molecule has 104 valence electrons. The summed E-state index contributed by atoms with van der Waals surface area (Å²) in [6.45, 7) is 7.04. The number of rotatable bonds is 5. The van der Waals surface area contributed by atoms with Crippen LogP contribution in [0.3, 0.4) is 0 Å². The third-order valence-electron chi connectivity index (χ3n) is 3.66. The van der Waals surface area contributed by atoms with Gasteiger partial charge in [0.15, 0.2) is 5.79 Å². The molecule has 0 bridgehead atoms. The summed E-state index contributed by atoms with van der Waals surface area (Å²) >= 11 is 0. The maximum absolute atomic E-state index is 11.5. The predicted octanol–water partition coefficient (Wildman–Crippen LogP) is 0.742. The minimum absolute atomic E-state index is 0.158. The van der Waals surface area contributed by atoms with E-state index in [1.165, 1.54) is 0 Å². The summed E-state index contributed by atoms with van der Waals surface area (Å²) in [6.07, 6.45) is 3.43. The molecular weight excluding hydrogens is 232 g/mol. The molecule has 2 heterocycles. The van der Waals surface area contributed by atoms with Gasteiger partial charge in [-0.25, -0.2) is 0 Å². The summed E-state index contributed by atoms with van der Waals surface area (Å²) in [4.78, 5) is 13.8. The Labute approximate surface area is 109 Å². The molecule has 0 aromatic carbocycles. The minimum Gasteiger partial charge on any atom is -0.356 e. The van der Waals surface area contributed by atoms with Crippen LogP contribution >= 0.6 is 0 Å². The highest BCUT2D eigenvalue weighted by Gasteiger charge is 2.39. The van der Waals surface area contributed by atoms with Crippen LogP contribution in [-0.2, 0) is 14.3 Å². The summed E-state index contributed by atoms with van der Waals surface area (Å²) in [5.74, 6) is -0.147. The minimum atomic E-state index is -0.305.